The number of rotatable bonds is 5. The van der Waals surface area contributed by atoms with Gasteiger partial charge in [0.25, 0.3) is 5.91 Å². The Labute approximate surface area is 170 Å². The van der Waals surface area contributed by atoms with E-state index in [1.54, 1.807) is 0 Å². The predicted octanol–water partition coefficient (Wildman–Crippen LogP) is 4.98. The Morgan fingerprint density at radius 1 is 1.07 bits per heavy atom. The van der Waals surface area contributed by atoms with E-state index < -0.39 is 41.0 Å². The van der Waals surface area contributed by atoms with Crippen LogP contribution >= 0.6 is 0 Å². The Bertz CT molecular complexity index is 1170. The first-order chi connectivity index (χ1) is 14.0. The Morgan fingerprint density at radius 2 is 1.73 bits per heavy atom. The fraction of sp³-hybridized carbons (Fsp3) is 0.273. The third-order valence-corrected chi connectivity index (χ3v) is 5.06. The quantitative estimate of drug-likeness (QED) is 0.612. The first kappa shape index (κ1) is 21.4. The maximum absolute atomic E-state index is 14.9. The monoisotopic (exact) mass is 419 g/mol. The van der Waals surface area contributed by atoms with Crippen molar-refractivity contribution in [3.05, 3.63) is 64.6 Å². The summed E-state index contributed by atoms with van der Waals surface area (Å²) in [5.74, 6) is -7.24. The van der Waals surface area contributed by atoms with E-state index >= 15 is 0 Å². The maximum atomic E-state index is 14.9. The summed E-state index contributed by atoms with van der Waals surface area (Å²) < 4.78 is 42.9. The number of phenols is 1. The van der Waals surface area contributed by atoms with E-state index in [9.17, 15) is 33.0 Å². The second-order valence-electron chi connectivity index (χ2n) is 7.58. The fourth-order valence-corrected chi connectivity index (χ4v) is 3.74. The molecular formula is C22H20F3NO4. The van der Waals surface area contributed by atoms with E-state index in [4.69, 9.17) is 0 Å². The van der Waals surface area contributed by atoms with Gasteiger partial charge in [-0.2, -0.15) is 0 Å². The van der Waals surface area contributed by atoms with E-state index in [2.05, 4.69) is 0 Å². The third-order valence-electron chi connectivity index (χ3n) is 5.06. The van der Waals surface area contributed by atoms with Crippen LogP contribution in [0.15, 0.2) is 30.3 Å². The molecule has 0 radical (unpaired) electrons. The highest BCUT2D eigenvalue weighted by Crippen LogP contribution is 2.39. The van der Waals surface area contributed by atoms with Crippen molar-refractivity contribution < 1.29 is 33.0 Å². The van der Waals surface area contributed by atoms with Crippen molar-refractivity contribution in [3.8, 4) is 5.75 Å². The summed E-state index contributed by atoms with van der Waals surface area (Å²) in [5, 5.41) is 19.5. The molecular weight excluding hydrogens is 399 g/mol. The van der Waals surface area contributed by atoms with Gasteiger partial charge in [-0.15, -0.1) is 0 Å². The first-order valence-electron chi connectivity index (χ1n) is 9.29. The lowest BCUT2D eigenvalue weighted by atomic mass is 9.88. The van der Waals surface area contributed by atoms with Crippen LogP contribution in [0.3, 0.4) is 0 Å². The number of carbonyl (C=O) groups is 2. The number of hydrogen-bond acceptors (Lipinski definition) is 3. The van der Waals surface area contributed by atoms with Crippen LogP contribution in [0.1, 0.15) is 47.8 Å². The van der Waals surface area contributed by atoms with Gasteiger partial charge in [0.1, 0.15) is 0 Å². The van der Waals surface area contributed by atoms with Crippen molar-refractivity contribution in [2.24, 2.45) is 5.92 Å². The molecule has 0 bridgehead atoms. The highest BCUT2D eigenvalue weighted by atomic mass is 19.2. The lowest BCUT2D eigenvalue weighted by Crippen LogP contribution is -2.17. The molecule has 2 aromatic carbocycles. The number of halogens is 3. The van der Waals surface area contributed by atoms with Crippen molar-refractivity contribution >= 4 is 22.8 Å². The normalized spacial score (nSPS) is 12.5. The number of carboxylic acids is 1. The van der Waals surface area contributed by atoms with Gasteiger partial charge in [0.15, 0.2) is 23.2 Å². The number of fused-ring (bicyclic) bond motifs is 1. The van der Waals surface area contributed by atoms with Gasteiger partial charge in [0.2, 0.25) is 0 Å². The van der Waals surface area contributed by atoms with Crippen molar-refractivity contribution in [2.75, 3.05) is 0 Å². The molecule has 0 saturated carbocycles. The van der Waals surface area contributed by atoms with Crippen LogP contribution < -0.4 is 0 Å². The van der Waals surface area contributed by atoms with Gasteiger partial charge in [-0.05, 0) is 55.2 Å². The molecule has 158 valence electrons. The molecule has 0 saturated heterocycles. The molecule has 0 unspecified atom stereocenters. The van der Waals surface area contributed by atoms with Crippen LogP contribution in [0, 0.1) is 30.3 Å². The second-order valence-corrected chi connectivity index (χ2v) is 7.58. The number of carboxylic acid groups (broad SMARTS) is 1. The maximum Gasteiger partial charge on any atom is 0.311 e. The van der Waals surface area contributed by atoms with E-state index in [0.717, 1.165) is 28.8 Å². The smallest absolute Gasteiger partial charge is 0.311 e. The predicted molar refractivity (Wildman–Crippen MR) is 104 cm³/mol. The molecule has 0 aliphatic rings. The summed E-state index contributed by atoms with van der Waals surface area (Å²) in [6, 6.07) is 4.95. The molecule has 0 spiro atoms. The molecule has 8 heteroatoms. The molecule has 0 amide bonds. The summed E-state index contributed by atoms with van der Waals surface area (Å²) in [5.41, 5.74) is 0.0556. The summed E-state index contributed by atoms with van der Waals surface area (Å²) in [4.78, 5) is 25.1. The molecule has 1 atom stereocenters. The van der Waals surface area contributed by atoms with Crippen LogP contribution in [-0.2, 0) is 4.79 Å². The number of nitrogens with zero attached hydrogens (tertiary/aromatic N) is 1. The molecule has 3 rings (SSSR count). The molecule has 0 aliphatic carbocycles. The van der Waals surface area contributed by atoms with Crippen LogP contribution in [0.25, 0.3) is 10.9 Å². The number of carbonyl (C=O) groups excluding carboxylic acids is 1. The average Bonchev–Trinajstić information content (AvgIpc) is 2.96. The van der Waals surface area contributed by atoms with Gasteiger partial charge in [-0.3, -0.25) is 14.2 Å². The summed E-state index contributed by atoms with van der Waals surface area (Å²) >= 11 is 0. The zero-order chi connectivity index (χ0) is 22.3. The lowest BCUT2D eigenvalue weighted by molar-refractivity contribution is -0.139. The SMILES string of the molecule is Cc1c([C@H](CC(C)C)C(=O)O)c2c(F)c(O)ccc2n1C(=O)c1ccc(F)c(F)c1. The van der Waals surface area contributed by atoms with Crippen molar-refractivity contribution in [3.63, 3.8) is 0 Å². The van der Waals surface area contributed by atoms with E-state index in [1.165, 1.54) is 13.0 Å². The Hall–Kier alpha value is -3.29. The minimum absolute atomic E-state index is 0.0301. The number of phenolic OH excluding ortho intramolecular Hbond substituents is 1. The minimum Gasteiger partial charge on any atom is -0.505 e. The van der Waals surface area contributed by atoms with Crippen LogP contribution in [0.2, 0.25) is 0 Å². The molecule has 30 heavy (non-hydrogen) atoms. The minimum atomic E-state index is -1.22. The van der Waals surface area contributed by atoms with Crippen LogP contribution in [-0.4, -0.2) is 26.7 Å². The van der Waals surface area contributed by atoms with Crippen LogP contribution in [0.4, 0.5) is 13.2 Å². The molecule has 0 fully saturated rings. The Balaban J connectivity index is 2.34. The van der Waals surface area contributed by atoms with E-state index in [-0.39, 0.29) is 40.1 Å². The number of aliphatic carboxylic acids is 1. The van der Waals surface area contributed by atoms with Gasteiger partial charge >= 0.3 is 5.97 Å². The van der Waals surface area contributed by atoms with Crippen LogP contribution in [0.5, 0.6) is 5.75 Å². The van der Waals surface area contributed by atoms with Gasteiger partial charge in [0, 0.05) is 16.6 Å². The van der Waals surface area contributed by atoms with Crippen molar-refractivity contribution in [2.45, 2.75) is 33.1 Å². The Kier molecular flexibility index (Phi) is 5.61. The fourth-order valence-electron chi connectivity index (χ4n) is 3.74. The standard InChI is InChI=1S/C22H20F3NO4/c1-10(2)8-13(22(29)30)18-11(3)26(16-6-7-17(27)20(25)19(16)18)21(28)12-4-5-14(23)15(24)9-12/h4-7,9-10,13,27H,8H2,1-3H3,(H,29,30)/t13-/m0/s1. The van der Waals surface area contributed by atoms with Crippen molar-refractivity contribution in [1.82, 2.24) is 4.57 Å². The zero-order valence-corrected chi connectivity index (χ0v) is 16.5. The lowest BCUT2D eigenvalue weighted by Gasteiger charge is -2.16. The second kappa shape index (κ2) is 7.85. The molecule has 1 aromatic heterocycles. The average molecular weight is 419 g/mol. The highest BCUT2D eigenvalue weighted by Gasteiger charge is 2.32. The molecule has 0 aliphatic heterocycles. The molecule has 5 nitrogen and oxygen atoms in total. The van der Waals surface area contributed by atoms with E-state index in [0.29, 0.717) is 0 Å². The summed E-state index contributed by atoms with van der Waals surface area (Å²) in [6.45, 7) is 5.08. The summed E-state index contributed by atoms with van der Waals surface area (Å²) in [7, 11) is 0. The van der Waals surface area contributed by atoms with Gasteiger partial charge < -0.3 is 10.2 Å². The number of aromatic hydroxyl groups is 1. The zero-order valence-electron chi connectivity index (χ0n) is 16.5. The van der Waals surface area contributed by atoms with Crippen molar-refractivity contribution in [1.29, 1.82) is 0 Å². The van der Waals surface area contributed by atoms with Gasteiger partial charge in [-0.1, -0.05) is 13.8 Å². The number of aromatic nitrogens is 1. The summed E-state index contributed by atoms with van der Waals surface area (Å²) in [6.07, 6.45) is 0.170. The molecule has 1 heterocycles. The molecule has 2 N–H and O–H groups in total. The third kappa shape index (κ3) is 3.53. The number of benzene rings is 2. The largest absolute Gasteiger partial charge is 0.505 e. The topological polar surface area (TPSA) is 79.5 Å². The molecule has 3 aromatic rings. The number of hydrogen-bond donors (Lipinski definition) is 2. The first-order valence-corrected chi connectivity index (χ1v) is 9.29. The Morgan fingerprint density at radius 3 is 2.30 bits per heavy atom. The highest BCUT2D eigenvalue weighted by molar-refractivity contribution is 6.05. The van der Waals surface area contributed by atoms with E-state index in [1.807, 2.05) is 13.8 Å². The van der Waals surface area contributed by atoms with Gasteiger partial charge in [-0.25, -0.2) is 13.2 Å². The van der Waals surface area contributed by atoms with Gasteiger partial charge in [0.05, 0.1) is 11.4 Å².